The molecule has 5 nitrogen and oxygen atoms in total. The molecule has 3 aromatic rings. The maximum absolute atomic E-state index is 13.4. The van der Waals surface area contributed by atoms with E-state index in [4.69, 9.17) is 0 Å². The first-order valence-electron chi connectivity index (χ1n) is 7.30. The molecule has 0 unspecified atom stereocenters. The molecular weight excluding hydrogens is 345 g/mol. The highest BCUT2D eigenvalue weighted by atomic mass is 19.4. The summed E-state index contributed by atoms with van der Waals surface area (Å²) in [6, 6.07) is 5.73. The lowest BCUT2D eigenvalue weighted by molar-refractivity contribution is -0.146. The van der Waals surface area contributed by atoms with E-state index in [1.807, 2.05) is 0 Å². The number of aromatic nitrogens is 4. The van der Waals surface area contributed by atoms with Crippen LogP contribution < -0.4 is 5.32 Å². The zero-order valence-electron chi connectivity index (χ0n) is 12.8. The van der Waals surface area contributed by atoms with Gasteiger partial charge in [0.05, 0.1) is 6.04 Å². The molecule has 1 aromatic carbocycles. The van der Waals surface area contributed by atoms with Crippen molar-refractivity contribution in [3.8, 4) is 0 Å². The van der Waals surface area contributed by atoms with Crippen LogP contribution in [0.25, 0.3) is 5.65 Å². The molecule has 0 fully saturated rings. The monoisotopic (exact) mass is 357 g/mol. The topological polar surface area (TPSA) is 55.1 Å². The van der Waals surface area contributed by atoms with Crippen LogP contribution in [0.15, 0.2) is 30.3 Å². The Morgan fingerprint density at radius 2 is 1.84 bits per heavy atom. The van der Waals surface area contributed by atoms with Gasteiger partial charge in [0.15, 0.2) is 17.3 Å². The van der Waals surface area contributed by atoms with E-state index in [1.54, 1.807) is 6.92 Å². The van der Waals surface area contributed by atoms with Crippen LogP contribution in [0, 0.1) is 11.6 Å². The molecule has 10 heteroatoms. The standard InChI is InChI=1S/C15H12F5N5/c1-2-11(8-3-4-9(16)10(17)7-8)21-12-5-6-13-22-23-14(15(18,19)20)25(13)24-12/h3-7,11H,2H2,1H3,(H,21,24)/t11-/m1/s1. The van der Waals surface area contributed by atoms with Crippen LogP contribution in [-0.2, 0) is 6.18 Å². The minimum atomic E-state index is -4.70. The van der Waals surface area contributed by atoms with Crippen molar-refractivity contribution in [2.75, 3.05) is 5.32 Å². The van der Waals surface area contributed by atoms with Crippen LogP contribution in [0.2, 0.25) is 0 Å². The maximum atomic E-state index is 13.4. The van der Waals surface area contributed by atoms with Gasteiger partial charge in [0.2, 0.25) is 0 Å². The Labute approximate surface area is 138 Å². The smallest absolute Gasteiger partial charge is 0.362 e. The summed E-state index contributed by atoms with van der Waals surface area (Å²) in [7, 11) is 0. The van der Waals surface area contributed by atoms with Gasteiger partial charge in [0.1, 0.15) is 5.82 Å². The number of anilines is 1. The Balaban J connectivity index is 1.94. The number of benzene rings is 1. The number of hydrogen-bond donors (Lipinski definition) is 1. The van der Waals surface area contributed by atoms with Crippen molar-refractivity contribution < 1.29 is 22.0 Å². The first-order chi connectivity index (χ1) is 11.8. The summed E-state index contributed by atoms with van der Waals surface area (Å²) < 4.78 is 65.7. The Kier molecular flexibility index (Phi) is 4.27. The second-order valence-corrected chi connectivity index (χ2v) is 5.29. The lowest BCUT2D eigenvalue weighted by Crippen LogP contribution is -2.15. The van der Waals surface area contributed by atoms with E-state index < -0.39 is 29.7 Å². The fourth-order valence-electron chi connectivity index (χ4n) is 2.37. The molecule has 0 bridgehead atoms. The molecule has 1 N–H and O–H groups in total. The summed E-state index contributed by atoms with van der Waals surface area (Å²) in [6.45, 7) is 1.79. The average molecular weight is 357 g/mol. The summed E-state index contributed by atoms with van der Waals surface area (Å²) >= 11 is 0. The van der Waals surface area contributed by atoms with E-state index in [0.717, 1.165) is 12.1 Å². The molecule has 0 spiro atoms. The van der Waals surface area contributed by atoms with Crippen molar-refractivity contribution >= 4 is 11.5 Å². The highest BCUT2D eigenvalue weighted by Gasteiger charge is 2.37. The highest BCUT2D eigenvalue weighted by Crippen LogP contribution is 2.28. The van der Waals surface area contributed by atoms with Crippen molar-refractivity contribution in [1.29, 1.82) is 0 Å². The van der Waals surface area contributed by atoms with E-state index >= 15 is 0 Å². The van der Waals surface area contributed by atoms with Gasteiger partial charge in [-0.3, -0.25) is 0 Å². The van der Waals surface area contributed by atoms with Gasteiger partial charge < -0.3 is 5.32 Å². The molecule has 0 aliphatic rings. The Hall–Kier alpha value is -2.78. The first kappa shape index (κ1) is 17.1. The van der Waals surface area contributed by atoms with Crippen LogP contribution in [0.4, 0.5) is 27.8 Å². The normalized spacial score (nSPS) is 13.2. The quantitative estimate of drug-likeness (QED) is 0.718. The lowest BCUT2D eigenvalue weighted by atomic mass is 10.0. The zero-order chi connectivity index (χ0) is 18.2. The van der Waals surface area contributed by atoms with Gasteiger partial charge in [-0.15, -0.1) is 15.3 Å². The van der Waals surface area contributed by atoms with Gasteiger partial charge in [-0.25, -0.2) is 8.78 Å². The molecule has 0 aliphatic heterocycles. The van der Waals surface area contributed by atoms with E-state index in [9.17, 15) is 22.0 Å². The van der Waals surface area contributed by atoms with Crippen molar-refractivity contribution in [2.45, 2.75) is 25.6 Å². The number of halogens is 5. The first-order valence-corrected chi connectivity index (χ1v) is 7.30. The molecule has 1 atom stereocenters. The zero-order valence-corrected chi connectivity index (χ0v) is 12.8. The van der Waals surface area contributed by atoms with Gasteiger partial charge in [0, 0.05) is 0 Å². The van der Waals surface area contributed by atoms with E-state index in [-0.39, 0.29) is 11.5 Å². The van der Waals surface area contributed by atoms with E-state index in [2.05, 4.69) is 20.6 Å². The number of fused-ring (bicyclic) bond motifs is 1. The molecule has 0 amide bonds. The van der Waals surface area contributed by atoms with Crippen LogP contribution in [0.3, 0.4) is 0 Å². The van der Waals surface area contributed by atoms with Crippen LogP contribution in [0.5, 0.6) is 0 Å². The fourth-order valence-corrected chi connectivity index (χ4v) is 2.37. The molecule has 0 saturated carbocycles. The molecule has 132 valence electrons. The summed E-state index contributed by atoms with van der Waals surface area (Å²) in [5, 5.41) is 13.3. The SMILES string of the molecule is CC[C@@H](Nc1ccc2nnc(C(F)(F)F)n2n1)c1ccc(F)c(F)c1. The minimum absolute atomic E-state index is 0.0567. The third kappa shape index (κ3) is 3.37. The van der Waals surface area contributed by atoms with Gasteiger partial charge >= 0.3 is 6.18 Å². The minimum Gasteiger partial charge on any atom is -0.362 e. The summed E-state index contributed by atoms with van der Waals surface area (Å²) in [5.41, 5.74) is 0.391. The van der Waals surface area contributed by atoms with Gasteiger partial charge in [-0.2, -0.15) is 17.7 Å². The molecule has 25 heavy (non-hydrogen) atoms. The summed E-state index contributed by atoms with van der Waals surface area (Å²) in [4.78, 5) is 0. The van der Waals surface area contributed by atoms with Crippen molar-refractivity contribution in [3.63, 3.8) is 0 Å². The molecule has 0 saturated heterocycles. The largest absolute Gasteiger partial charge is 0.453 e. The molecule has 2 heterocycles. The Morgan fingerprint density at radius 1 is 1.08 bits per heavy atom. The Bertz CT molecular complexity index is 905. The van der Waals surface area contributed by atoms with Gasteiger partial charge in [0.25, 0.3) is 5.82 Å². The number of rotatable bonds is 4. The van der Waals surface area contributed by atoms with Crippen molar-refractivity contribution in [1.82, 2.24) is 19.8 Å². The van der Waals surface area contributed by atoms with Crippen LogP contribution in [0.1, 0.15) is 30.8 Å². The second kappa shape index (κ2) is 6.26. The molecule has 0 radical (unpaired) electrons. The lowest BCUT2D eigenvalue weighted by Gasteiger charge is -2.18. The van der Waals surface area contributed by atoms with E-state index in [1.165, 1.54) is 18.2 Å². The van der Waals surface area contributed by atoms with Crippen LogP contribution in [-0.4, -0.2) is 19.8 Å². The number of nitrogens with one attached hydrogen (secondary N) is 1. The number of nitrogens with zero attached hydrogens (tertiary/aromatic N) is 4. The van der Waals surface area contributed by atoms with E-state index in [0.29, 0.717) is 16.5 Å². The maximum Gasteiger partial charge on any atom is 0.453 e. The second-order valence-electron chi connectivity index (χ2n) is 5.29. The van der Waals surface area contributed by atoms with Gasteiger partial charge in [-0.1, -0.05) is 13.0 Å². The number of hydrogen-bond acceptors (Lipinski definition) is 4. The predicted octanol–water partition coefficient (Wildman–Crippen LogP) is 3.98. The van der Waals surface area contributed by atoms with Crippen molar-refractivity contribution in [2.24, 2.45) is 0 Å². The Morgan fingerprint density at radius 3 is 2.48 bits per heavy atom. The fraction of sp³-hybridized carbons (Fsp3) is 0.267. The average Bonchev–Trinajstić information content (AvgIpc) is 2.98. The third-order valence-corrected chi connectivity index (χ3v) is 3.59. The highest BCUT2D eigenvalue weighted by molar-refractivity contribution is 5.45. The van der Waals surface area contributed by atoms with Crippen molar-refractivity contribution in [3.05, 3.63) is 53.4 Å². The summed E-state index contributed by atoms with van der Waals surface area (Å²) in [6.07, 6.45) is -4.23. The summed E-state index contributed by atoms with van der Waals surface area (Å²) in [5.74, 6) is -3.10. The molecule has 3 rings (SSSR count). The molecule has 2 aromatic heterocycles. The molecule has 0 aliphatic carbocycles. The van der Waals surface area contributed by atoms with Crippen LogP contribution >= 0.6 is 0 Å². The molecular formula is C15H12F5N5. The predicted molar refractivity (Wildman–Crippen MR) is 78.8 cm³/mol. The van der Waals surface area contributed by atoms with Gasteiger partial charge in [-0.05, 0) is 36.2 Å². The number of alkyl halides is 3. The third-order valence-electron chi connectivity index (χ3n) is 3.59.